The van der Waals surface area contributed by atoms with Crippen LogP contribution in [0.25, 0.3) is 0 Å². The summed E-state index contributed by atoms with van der Waals surface area (Å²) < 4.78 is 33.5. The van der Waals surface area contributed by atoms with E-state index in [0.717, 1.165) is 27.7 Å². The van der Waals surface area contributed by atoms with Crippen molar-refractivity contribution in [3.8, 4) is 0 Å². The molecule has 0 aliphatic carbocycles. The molecule has 0 aromatic heterocycles. The molecule has 2 aliphatic rings. The van der Waals surface area contributed by atoms with Crippen LogP contribution in [-0.4, -0.2) is 131 Å². The number of rotatable bonds is 11. The predicted molar refractivity (Wildman–Crippen MR) is 127 cm³/mol. The Bertz CT molecular complexity index is 932. The summed E-state index contributed by atoms with van der Waals surface area (Å²) in [7, 11) is 0. The third-order valence-electron chi connectivity index (χ3n) is 6.00. The summed E-state index contributed by atoms with van der Waals surface area (Å²) in [5, 5.41) is 45.0. The first-order chi connectivity index (χ1) is 18.7. The second kappa shape index (κ2) is 14.6. The molecule has 11 unspecified atom stereocenters. The summed E-state index contributed by atoms with van der Waals surface area (Å²) in [6, 6.07) is -2.80. The molecule has 11 atom stereocenters. The second-order valence-corrected chi connectivity index (χ2v) is 9.30. The van der Waals surface area contributed by atoms with E-state index in [4.69, 9.17) is 28.4 Å². The van der Waals surface area contributed by atoms with Crippen LogP contribution >= 0.6 is 0 Å². The Morgan fingerprint density at radius 1 is 0.825 bits per heavy atom. The Morgan fingerprint density at radius 3 is 1.90 bits per heavy atom. The lowest BCUT2D eigenvalue weighted by Crippen LogP contribution is -2.70. The topological polar surface area (TPSA) is 246 Å². The maximum atomic E-state index is 12.1. The second-order valence-electron chi connectivity index (χ2n) is 9.30. The summed E-state index contributed by atoms with van der Waals surface area (Å²) in [6.07, 6.45) is -13.8. The Labute approximate surface area is 229 Å². The molecule has 0 radical (unpaired) electrons. The van der Waals surface area contributed by atoms with Gasteiger partial charge in [0.15, 0.2) is 12.4 Å². The van der Waals surface area contributed by atoms with Crippen molar-refractivity contribution < 1.29 is 72.8 Å². The lowest BCUT2D eigenvalue weighted by molar-refractivity contribution is -0.334. The zero-order chi connectivity index (χ0) is 30.3. The third kappa shape index (κ3) is 8.79. The number of aliphatic hydroxyl groups is 3. The van der Waals surface area contributed by atoms with Crippen LogP contribution in [-0.2, 0) is 52.4 Å². The number of carbonyl (C=O) groups excluding carboxylic acids is 4. The molecule has 2 heterocycles. The van der Waals surface area contributed by atoms with Crippen molar-refractivity contribution in [2.24, 2.45) is 0 Å². The van der Waals surface area contributed by atoms with E-state index in [1.807, 2.05) is 0 Å². The van der Waals surface area contributed by atoms with Crippen molar-refractivity contribution in [3.63, 3.8) is 0 Å². The Balaban J connectivity index is 2.60. The van der Waals surface area contributed by atoms with Gasteiger partial charge in [-0.3, -0.25) is 19.2 Å². The summed E-state index contributed by atoms with van der Waals surface area (Å²) in [5.74, 6) is -4.28. The molecule has 40 heavy (non-hydrogen) atoms. The van der Waals surface area contributed by atoms with E-state index in [-0.39, 0.29) is 0 Å². The molecular weight excluding hydrogens is 544 g/mol. The minimum atomic E-state index is -1.70. The molecule has 2 saturated heterocycles. The normalized spacial score (nSPS) is 34.7. The predicted octanol–water partition coefficient (Wildman–Crippen LogP) is -3.47. The number of carboxylic acids is 1. The van der Waals surface area contributed by atoms with Gasteiger partial charge in [0, 0.05) is 27.7 Å². The number of carboxylic acid groups (broad SMARTS) is 1. The SMILES string of the molecule is CC(=O)NC1C(OC2C(COC(C)=O)OC(OC(C)=O)C(NC(C)=O)C2OC(C)C(=O)O)OC(CO)C(O)C1O. The molecule has 2 rings (SSSR count). The molecule has 0 aromatic carbocycles. The largest absolute Gasteiger partial charge is 0.479 e. The molecule has 0 bridgehead atoms. The minimum absolute atomic E-state index is 0.544. The first-order valence-electron chi connectivity index (χ1n) is 12.3. The number of esters is 2. The smallest absolute Gasteiger partial charge is 0.332 e. The number of ether oxygens (including phenoxy) is 6. The van der Waals surface area contributed by atoms with Crippen LogP contribution in [0.3, 0.4) is 0 Å². The van der Waals surface area contributed by atoms with Gasteiger partial charge in [0.2, 0.25) is 18.1 Å². The van der Waals surface area contributed by atoms with Gasteiger partial charge in [-0.25, -0.2) is 4.79 Å². The van der Waals surface area contributed by atoms with Crippen LogP contribution in [0.4, 0.5) is 0 Å². The lowest BCUT2D eigenvalue weighted by atomic mass is 9.94. The standard InChI is InChI=1S/C23H36N2O15/c1-8(21(33)34)36-20-16(25-10(3)28)23(37-12(5)30)39-14(7-35-11(4)29)19(20)40-22-15(24-9(2)27)18(32)17(31)13(6-26)38-22/h8,13-20,22-23,26,31-32H,6-7H2,1-5H3,(H,24,27)(H,25,28)(H,33,34). The van der Waals surface area contributed by atoms with Gasteiger partial charge in [0.05, 0.1) is 6.61 Å². The summed E-state index contributed by atoms with van der Waals surface area (Å²) in [5.41, 5.74) is 0. The fourth-order valence-electron chi connectivity index (χ4n) is 4.25. The lowest BCUT2D eigenvalue weighted by Gasteiger charge is -2.49. The quantitative estimate of drug-likeness (QED) is 0.130. The molecule has 0 aromatic rings. The fourth-order valence-corrected chi connectivity index (χ4v) is 4.25. The first-order valence-corrected chi connectivity index (χ1v) is 12.3. The number of nitrogens with one attached hydrogen (secondary N) is 2. The van der Waals surface area contributed by atoms with Crippen LogP contribution in [0.5, 0.6) is 0 Å². The number of hydrogen-bond acceptors (Lipinski definition) is 14. The monoisotopic (exact) mass is 580 g/mol. The molecule has 228 valence electrons. The maximum Gasteiger partial charge on any atom is 0.332 e. The van der Waals surface area contributed by atoms with Crippen LogP contribution in [0, 0.1) is 0 Å². The highest BCUT2D eigenvalue weighted by Crippen LogP contribution is 2.32. The number of aliphatic hydroxyl groups excluding tert-OH is 3. The van der Waals surface area contributed by atoms with E-state index in [9.17, 15) is 44.4 Å². The molecule has 2 fully saturated rings. The van der Waals surface area contributed by atoms with E-state index in [1.165, 1.54) is 6.92 Å². The number of hydrogen-bond donors (Lipinski definition) is 6. The summed E-state index contributed by atoms with van der Waals surface area (Å²) in [6.45, 7) is 4.29. The van der Waals surface area contributed by atoms with Gasteiger partial charge in [0.25, 0.3) is 0 Å². The van der Waals surface area contributed by atoms with Gasteiger partial charge in [-0.15, -0.1) is 0 Å². The average Bonchev–Trinajstić information content (AvgIpc) is 2.84. The maximum absolute atomic E-state index is 12.1. The molecule has 6 N–H and O–H groups in total. The molecule has 2 aliphatic heterocycles. The Kier molecular flexibility index (Phi) is 12.2. The minimum Gasteiger partial charge on any atom is -0.479 e. The molecule has 0 saturated carbocycles. The molecule has 17 heteroatoms. The van der Waals surface area contributed by atoms with E-state index in [0.29, 0.717) is 0 Å². The Hall–Kier alpha value is -2.93. The van der Waals surface area contributed by atoms with E-state index < -0.39 is 110 Å². The van der Waals surface area contributed by atoms with E-state index in [1.54, 1.807) is 0 Å². The number of amides is 2. The van der Waals surface area contributed by atoms with Crippen LogP contribution in [0.1, 0.15) is 34.6 Å². The van der Waals surface area contributed by atoms with Gasteiger partial charge in [-0.05, 0) is 6.92 Å². The van der Waals surface area contributed by atoms with Gasteiger partial charge in [-0.1, -0.05) is 0 Å². The summed E-state index contributed by atoms with van der Waals surface area (Å²) >= 11 is 0. The number of carbonyl (C=O) groups is 5. The fraction of sp³-hybridized carbons (Fsp3) is 0.783. The highest BCUT2D eigenvalue weighted by Gasteiger charge is 2.54. The van der Waals surface area contributed by atoms with Crippen molar-refractivity contribution in [1.82, 2.24) is 10.6 Å². The van der Waals surface area contributed by atoms with Gasteiger partial charge in [-0.2, -0.15) is 0 Å². The van der Waals surface area contributed by atoms with Gasteiger partial charge in [0.1, 0.15) is 55.3 Å². The van der Waals surface area contributed by atoms with E-state index in [2.05, 4.69) is 10.6 Å². The zero-order valence-corrected chi connectivity index (χ0v) is 22.5. The summed E-state index contributed by atoms with van der Waals surface area (Å²) in [4.78, 5) is 59.1. The van der Waals surface area contributed by atoms with Crippen molar-refractivity contribution >= 4 is 29.7 Å². The van der Waals surface area contributed by atoms with Crippen molar-refractivity contribution in [2.75, 3.05) is 13.2 Å². The highest BCUT2D eigenvalue weighted by atomic mass is 16.7. The van der Waals surface area contributed by atoms with E-state index >= 15 is 0 Å². The van der Waals surface area contributed by atoms with Gasteiger partial charge >= 0.3 is 17.9 Å². The number of aliphatic carboxylic acids is 1. The van der Waals surface area contributed by atoms with Crippen molar-refractivity contribution in [3.05, 3.63) is 0 Å². The highest BCUT2D eigenvalue weighted by molar-refractivity contribution is 5.74. The van der Waals surface area contributed by atoms with Crippen LogP contribution in [0.15, 0.2) is 0 Å². The third-order valence-corrected chi connectivity index (χ3v) is 6.00. The van der Waals surface area contributed by atoms with Crippen molar-refractivity contribution in [1.29, 1.82) is 0 Å². The molecule has 0 spiro atoms. The molecular formula is C23H36N2O15. The van der Waals surface area contributed by atoms with Gasteiger partial charge < -0.3 is 59.5 Å². The molecule has 17 nitrogen and oxygen atoms in total. The Morgan fingerprint density at radius 2 is 1.40 bits per heavy atom. The van der Waals surface area contributed by atoms with Crippen LogP contribution < -0.4 is 10.6 Å². The first kappa shape index (κ1) is 33.3. The van der Waals surface area contributed by atoms with Crippen LogP contribution in [0.2, 0.25) is 0 Å². The molecule has 2 amide bonds. The van der Waals surface area contributed by atoms with Crippen molar-refractivity contribution in [2.45, 2.75) is 102 Å². The zero-order valence-electron chi connectivity index (χ0n) is 22.5. The average molecular weight is 581 g/mol.